The lowest BCUT2D eigenvalue weighted by Crippen LogP contribution is -2.10. The number of fused-ring (bicyclic) bond motifs is 1. The third-order valence-corrected chi connectivity index (χ3v) is 4.69. The summed E-state index contributed by atoms with van der Waals surface area (Å²) >= 11 is 0. The van der Waals surface area contributed by atoms with Gasteiger partial charge < -0.3 is 10.1 Å². The van der Waals surface area contributed by atoms with Gasteiger partial charge in [0.15, 0.2) is 0 Å². The summed E-state index contributed by atoms with van der Waals surface area (Å²) in [6.07, 6.45) is 10.6. The molecule has 3 rings (SSSR count). The summed E-state index contributed by atoms with van der Waals surface area (Å²) in [4.78, 5) is 19.0. The van der Waals surface area contributed by atoms with Crippen LogP contribution in [-0.2, 0) is 17.6 Å². The van der Waals surface area contributed by atoms with E-state index in [9.17, 15) is 4.79 Å². The van der Waals surface area contributed by atoms with Crippen molar-refractivity contribution in [2.45, 2.75) is 63.7 Å². The molecule has 0 aliphatic heterocycles. The fourth-order valence-corrected chi connectivity index (χ4v) is 3.56. The van der Waals surface area contributed by atoms with Crippen molar-refractivity contribution < 1.29 is 9.90 Å². The second kappa shape index (κ2) is 5.35. The third-order valence-electron chi connectivity index (χ3n) is 4.69. The third kappa shape index (κ3) is 2.67. The van der Waals surface area contributed by atoms with Gasteiger partial charge in [-0.15, -0.1) is 0 Å². The highest BCUT2D eigenvalue weighted by atomic mass is 16.4. The highest BCUT2D eigenvalue weighted by Gasteiger charge is 2.32. The maximum absolute atomic E-state index is 11.1. The Morgan fingerprint density at radius 2 is 2.05 bits per heavy atom. The Hall–Kier alpha value is -1.32. The predicted molar refractivity (Wildman–Crippen MR) is 72.2 cm³/mol. The lowest BCUT2D eigenvalue weighted by molar-refractivity contribution is -0.138. The minimum Gasteiger partial charge on any atom is -0.481 e. The minimum absolute atomic E-state index is 0.380. The van der Waals surface area contributed by atoms with Crippen LogP contribution in [0.15, 0.2) is 0 Å². The van der Waals surface area contributed by atoms with Gasteiger partial charge in [-0.1, -0.05) is 32.1 Å². The van der Waals surface area contributed by atoms with E-state index in [1.165, 1.54) is 38.5 Å². The molecule has 0 saturated heterocycles. The van der Waals surface area contributed by atoms with Crippen LogP contribution < -0.4 is 0 Å². The first-order valence-electron chi connectivity index (χ1n) is 7.54. The van der Waals surface area contributed by atoms with E-state index in [0.717, 1.165) is 36.0 Å². The fourth-order valence-electron chi connectivity index (χ4n) is 3.56. The van der Waals surface area contributed by atoms with Gasteiger partial charge in [-0.2, -0.15) is 0 Å². The largest absolute Gasteiger partial charge is 0.481 e. The van der Waals surface area contributed by atoms with Gasteiger partial charge in [0, 0.05) is 12.1 Å². The Kier molecular flexibility index (Phi) is 3.58. The minimum atomic E-state index is -0.732. The number of H-pyrrole nitrogens is 1. The zero-order valence-corrected chi connectivity index (χ0v) is 11.3. The molecular formula is C15H22N2O2. The van der Waals surface area contributed by atoms with E-state index in [1.807, 2.05) is 0 Å². The van der Waals surface area contributed by atoms with E-state index in [1.54, 1.807) is 0 Å². The number of nitrogens with one attached hydrogen (secondary N) is 1. The van der Waals surface area contributed by atoms with Crippen LogP contribution >= 0.6 is 0 Å². The molecule has 0 spiro atoms. The Balaban J connectivity index is 1.60. The first-order valence-corrected chi connectivity index (χ1v) is 7.54. The van der Waals surface area contributed by atoms with Gasteiger partial charge in [-0.25, -0.2) is 4.98 Å². The van der Waals surface area contributed by atoms with Gasteiger partial charge >= 0.3 is 5.97 Å². The van der Waals surface area contributed by atoms with Crippen molar-refractivity contribution in [2.75, 3.05) is 0 Å². The molecule has 1 heterocycles. The smallest absolute Gasteiger partial charge is 0.312 e. The van der Waals surface area contributed by atoms with E-state index in [2.05, 4.69) is 9.97 Å². The average Bonchev–Trinajstić information content (AvgIpc) is 2.96. The second-order valence-corrected chi connectivity index (χ2v) is 6.02. The number of carboxylic acids is 1. The van der Waals surface area contributed by atoms with Crippen LogP contribution in [0.2, 0.25) is 0 Å². The molecule has 2 aliphatic carbocycles. The van der Waals surface area contributed by atoms with Crippen LogP contribution in [-0.4, -0.2) is 21.0 Å². The molecule has 1 unspecified atom stereocenters. The van der Waals surface area contributed by atoms with Crippen LogP contribution in [0.25, 0.3) is 0 Å². The number of aromatic amines is 1. The standard InChI is InChI=1S/C15H22N2O2/c18-15(19)11-7-8-12-14(11)17-13(16-12)9-6-10-4-2-1-3-5-10/h10-11H,1-9H2,(H,16,17)(H,18,19). The predicted octanol–water partition coefficient (Wildman–Crippen LogP) is 3.04. The number of carboxylic acid groups (broad SMARTS) is 1. The van der Waals surface area contributed by atoms with E-state index in [0.29, 0.717) is 6.42 Å². The van der Waals surface area contributed by atoms with E-state index < -0.39 is 5.97 Å². The number of carbonyl (C=O) groups is 1. The molecule has 0 aromatic carbocycles. The summed E-state index contributed by atoms with van der Waals surface area (Å²) in [6.45, 7) is 0. The highest BCUT2D eigenvalue weighted by molar-refractivity contribution is 5.76. The first-order chi connectivity index (χ1) is 9.24. The van der Waals surface area contributed by atoms with Crippen molar-refractivity contribution >= 4 is 5.97 Å². The molecule has 1 aromatic heterocycles. The molecule has 4 heteroatoms. The molecule has 0 radical (unpaired) electrons. The molecule has 1 aromatic rings. The monoisotopic (exact) mass is 262 g/mol. The van der Waals surface area contributed by atoms with Gasteiger partial charge in [-0.05, 0) is 25.2 Å². The van der Waals surface area contributed by atoms with Gasteiger partial charge in [0.25, 0.3) is 0 Å². The number of hydrogen-bond acceptors (Lipinski definition) is 2. The van der Waals surface area contributed by atoms with Crippen molar-refractivity contribution in [2.24, 2.45) is 5.92 Å². The van der Waals surface area contributed by atoms with Gasteiger partial charge in [-0.3, -0.25) is 4.79 Å². The zero-order chi connectivity index (χ0) is 13.2. The number of imidazole rings is 1. The van der Waals surface area contributed by atoms with Crippen molar-refractivity contribution in [3.05, 3.63) is 17.2 Å². The summed E-state index contributed by atoms with van der Waals surface area (Å²) in [5, 5.41) is 9.15. The highest BCUT2D eigenvalue weighted by Crippen LogP contribution is 2.32. The lowest BCUT2D eigenvalue weighted by Gasteiger charge is -2.20. The lowest BCUT2D eigenvalue weighted by atomic mass is 9.86. The molecule has 1 atom stereocenters. The molecule has 1 fully saturated rings. The molecule has 0 amide bonds. The molecule has 2 N–H and O–H groups in total. The Bertz CT molecular complexity index is 461. The summed E-state index contributed by atoms with van der Waals surface area (Å²) in [6, 6.07) is 0. The summed E-state index contributed by atoms with van der Waals surface area (Å²) in [7, 11) is 0. The van der Waals surface area contributed by atoms with Crippen molar-refractivity contribution in [1.82, 2.24) is 9.97 Å². The quantitative estimate of drug-likeness (QED) is 0.876. The van der Waals surface area contributed by atoms with Crippen LogP contribution in [0.4, 0.5) is 0 Å². The Morgan fingerprint density at radius 1 is 1.26 bits per heavy atom. The van der Waals surface area contributed by atoms with Crippen LogP contribution in [0.5, 0.6) is 0 Å². The second-order valence-electron chi connectivity index (χ2n) is 6.02. The van der Waals surface area contributed by atoms with Crippen LogP contribution in [0.1, 0.15) is 68.1 Å². The Labute approximate surface area is 113 Å². The zero-order valence-electron chi connectivity index (χ0n) is 11.3. The van der Waals surface area contributed by atoms with Gasteiger partial charge in [0.2, 0.25) is 0 Å². The van der Waals surface area contributed by atoms with E-state index in [4.69, 9.17) is 5.11 Å². The maximum atomic E-state index is 11.1. The molecular weight excluding hydrogens is 240 g/mol. The average molecular weight is 262 g/mol. The van der Waals surface area contributed by atoms with Crippen LogP contribution in [0, 0.1) is 5.92 Å². The Morgan fingerprint density at radius 3 is 2.79 bits per heavy atom. The SMILES string of the molecule is O=C(O)C1CCc2[nH]c(CCC3CCCCC3)nc21. The summed E-state index contributed by atoms with van der Waals surface area (Å²) < 4.78 is 0. The summed E-state index contributed by atoms with van der Waals surface area (Å²) in [5.74, 6) is 0.740. The van der Waals surface area contributed by atoms with E-state index >= 15 is 0 Å². The van der Waals surface area contributed by atoms with Gasteiger partial charge in [0.1, 0.15) is 11.7 Å². The number of rotatable bonds is 4. The van der Waals surface area contributed by atoms with Crippen molar-refractivity contribution in [3.8, 4) is 0 Å². The number of hydrogen-bond donors (Lipinski definition) is 2. The van der Waals surface area contributed by atoms with Crippen molar-refractivity contribution in [3.63, 3.8) is 0 Å². The number of aryl methyl sites for hydroxylation is 2. The molecule has 0 bridgehead atoms. The number of aliphatic carboxylic acids is 1. The normalized spacial score (nSPS) is 23.5. The number of nitrogens with zero attached hydrogens (tertiary/aromatic N) is 1. The fraction of sp³-hybridized carbons (Fsp3) is 0.733. The van der Waals surface area contributed by atoms with E-state index in [-0.39, 0.29) is 5.92 Å². The van der Waals surface area contributed by atoms with Gasteiger partial charge in [0.05, 0.1) is 5.69 Å². The topological polar surface area (TPSA) is 66.0 Å². The molecule has 1 saturated carbocycles. The first kappa shape index (κ1) is 12.7. The number of aromatic nitrogens is 2. The summed E-state index contributed by atoms with van der Waals surface area (Å²) in [5.41, 5.74) is 1.86. The molecule has 4 nitrogen and oxygen atoms in total. The molecule has 104 valence electrons. The maximum Gasteiger partial charge on any atom is 0.312 e. The molecule has 2 aliphatic rings. The molecule has 19 heavy (non-hydrogen) atoms. The van der Waals surface area contributed by atoms with Crippen LogP contribution in [0.3, 0.4) is 0 Å². The van der Waals surface area contributed by atoms with Crippen molar-refractivity contribution in [1.29, 1.82) is 0 Å².